The van der Waals surface area contributed by atoms with Gasteiger partial charge in [0.25, 0.3) is 0 Å². The molecule has 1 aromatic heterocycles. The number of carboxylic acid groups (broad SMARTS) is 1. The molecule has 0 aliphatic heterocycles. The molecule has 116 valence electrons. The lowest BCUT2D eigenvalue weighted by Crippen LogP contribution is -2.41. The van der Waals surface area contributed by atoms with Crippen LogP contribution in [0.3, 0.4) is 0 Å². The molecule has 0 amide bonds. The van der Waals surface area contributed by atoms with Crippen molar-refractivity contribution in [2.75, 3.05) is 11.9 Å². The normalized spacial score (nSPS) is 21.7. The van der Waals surface area contributed by atoms with Gasteiger partial charge in [-0.1, -0.05) is 20.8 Å². The number of carbonyl (C=O) groups is 1. The summed E-state index contributed by atoms with van der Waals surface area (Å²) in [6.45, 7) is 8.81. The number of nitrogens with zero attached hydrogens (tertiary/aromatic N) is 1. The van der Waals surface area contributed by atoms with Gasteiger partial charge in [-0.05, 0) is 31.9 Å². The minimum Gasteiger partial charge on any atom is -0.478 e. The summed E-state index contributed by atoms with van der Waals surface area (Å²) in [5.41, 5.74) is 0.874. The Morgan fingerprint density at radius 1 is 1.43 bits per heavy atom. The molecule has 5 nitrogen and oxygen atoms in total. The lowest BCUT2D eigenvalue weighted by Gasteiger charge is -2.36. The SMILES string of the molecule is CCOC1CC(Nc2cc(C(=O)O)cc(C(C)(C)C)n2)C1. The molecule has 0 saturated heterocycles. The second kappa shape index (κ2) is 6.02. The Bertz CT molecular complexity index is 517. The molecule has 1 aliphatic carbocycles. The molecule has 1 fully saturated rings. The molecule has 1 aromatic rings. The molecule has 1 aliphatic rings. The third kappa shape index (κ3) is 3.94. The largest absolute Gasteiger partial charge is 0.478 e. The number of hydrogen-bond acceptors (Lipinski definition) is 4. The van der Waals surface area contributed by atoms with E-state index >= 15 is 0 Å². The van der Waals surface area contributed by atoms with Crippen LogP contribution in [0.25, 0.3) is 0 Å². The second-order valence-corrected chi connectivity index (χ2v) is 6.57. The molecule has 2 N–H and O–H groups in total. The van der Waals surface area contributed by atoms with Crippen molar-refractivity contribution in [1.29, 1.82) is 0 Å². The molecular weight excluding hydrogens is 268 g/mol. The number of ether oxygens (including phenoxy) is 1. The molecule has 21 heavy (non-hydrogen) atoms. The topological polar surface area (TPSA) is 71.5 Å². The van der Waals surface area contributed by atoms with Crippen molar-refractivity contribution >= 4 is 11.8 Å². The fraction of sp³-hybridized carbons (Fsp3) is 0.625. The van der Waals surface area contributed by atoms with Gasteiger partial charge in [-0.3, -0.25) is 0 Å². The second-order valence-electron chi connectivity index (χ2n) is 6.57. The van der Waals surface area contributed by atoms with Crippen LogP contribution in [0.5, 0.6) is 0 Å². The van der Waals surface area contributed by atoms with E-state index in [1.165, 1.54) is 0 Å². The smallest absolute Gasteiger partial charge is 0.335 e. The number of aromatic carboxylic acids is 1. The van der Waals surface area contributed by atoms with Gasteiger partial charge < -0.3 is 15.2 Å². The Kier molecular flexibility index (Phi) is 4.52. The maximum absolute atomic E-state index is 11.3. The van der Waals surface area contributed by atoms with Crippen LogP contribution in [0.15, 0.2) is 12.1 Å². The molecule has 2 rings (SSSR count). The summed E-state index contributed by atoms with van der Waals surface area (Å²) in [6, 6.07) is 3.56. The van der Waals surface area contributed by atoms with Gasteiger partial charge in [-0.2, -0.15) is 0 Å². The minimum atomic E-state index is -0.924. The van der Waals surface area contributed by atoms with Gasteiger partial charge in [0, 0.05) is 23.8 Å². The van der Waals surface area contributed by atoms with Crippen LogP contribution in [0, 0.1) is 0 Å². The van der Waals surface area contributed by atoms with Crippen molar-refractivity contribution in [3.05, 3.63) is 23.4 Å². The summed E-state index contributed by atoms with van der Waals surface area (Å²) in [6.07, 6.45) is 2.20. The van der Waals surface area contributed by atoms with E-state index in [2.05, 4.69) is 10.3 Å². The zero-order valence-electron chi connectivity index (χ0n) is 13.1. The number of carboxylic acids is 1. The summed E-state index contributed by atoms with van der Waals surface area (Å²) in [4.78, 5) is 15.8. The fourth-order valence-corrected chi connectivity index (χ4v) is 2.38. The van der Waals surface area contributed by atoms with Gasteiger partial charge >= 0.3 is 5.97 Å². The number of rotatable bonds is 5. The summed E-state index contributed by atoms with van der Waals surface area (Å²) >= 11 is 0. The van der Waals surface area contributed by atoms with Gasteiger partial charge in [-0.25, -0.2) is 9.78 Å². The first-order valence-electron chi connectivity index (χ1n) is 7.43. The van der Waals surface area contributed by atoms with Crippen molar-refractivity contribution in [3.8, 4) is 0 Å². The highest BCUT2D eigenvalue weighted by Crippen LogP contribution is 2.28. The van der Waals surface area contributed by atoms with Crippen molar-refractivity contribution in [2.24, 2.45) is 0 Å². The van der Waals surface area contributed by atoms with E-state index in [4.69, 9.17) is 4.74 Å². The number of aromatic nitrogens is 1. The van der Waals surface area contributed by atoms with Gasteiger partial charge in [0.05, 0.1) is 11.7 Å². The van der Waals surface area contributed by atoms with Crippen LogP contribution < -0.4 is 5.32 Å². The molecule has 0 radical (unpaired) electrons. The van der Waals surface area contributed by atoms with Crippen molar-refractivity contribution in [1.82, 2.24) is 4.98 Å². The van der Waals surface area contributed by atoms with E-state index in [9.17, 15) is 9.90 Å². The van der Waals surface area contributed by atoms with Crippen LogP contribution in [-0.2, 0) is 10.2 Å². The number of anilines is 1. The summed E-state index contributed by atoms with van der Waals surface area (Å²) in [5, 5.41) is 12.6. The van der Waals surface area contributed by atoms with E-state index in [-0.39, 0.29) is 11.0 Å². The maximum atomic E-state index is 11.3. The van der Waals surface area contributed by atoms with E-state index in [0.717, 1.165) is 25.1 Å². The average Bonchev–Trinajstić information content (AvgIpc) is 2.35. The third-order valence-electron chi connectivity index (χ3n) is 3.69. The van der Waals surface area contributed by atoms with Crippen LogP contribution >= 0.6 is 0 Å². The first-order chi connectivity index (χ1) is 9.79. The summed E-state index contributed by atoms with van der Waals surface area (Å²) < 4.78 is 5.53. The van der Waals surface area contributed by atoms with Gasteiger partial charge in [-0.15, -0.1) is 0 Å². The van der Waals surface area contributed by atoms with E-state index in [0.29, 0.717) is 18.0 Å². The standard InChI is InChI=1S/C16H24N2O3/c1-5-21-12-8-11(9-12)17-14-7-10(15(19)20)6-13(18-14)16(2,3)4/h6-7,11-12H,5,8-9H2,1-4H3,(H,17,18)(H,19,20). The molecule has 0 spiro atoms. The minimum absolute atomic E-state index is 0.185. The van der Waals surface area contributed by atoms with E-state index in [1.54, 1.807) is 12.1 Å². The number of pyridine rings is 1. The Morgan fingerprint density at radius 2 is 2.10 bits per heavy atom. The molecule has 0 bridgehead atoms. The van der Waals surface area contributed by atoms with E-state index < -0.39 is 5.97 Å². The van der Waals surface area contributed by atoms with Crippen molar-refractivity contribution < 1.29 is 14.6 Å². The quantitative estimate of drug-likeness (QED) is 0.872. The molecule has 1 heterocycles. The Hall–Kier alpha value is -1.62. The van der Waals surface area contributed by atoms with Crippen molar-refractivity contribution in [3.63, 3.8) is 0 Å². The third-order valence-corrected chi connectivity index (χ3v) is 3.69. The van der Waals surface area contributed by atoms with Crippen LogP contribution in [0.4, 0.5) is 5.82 Å². The predicted molar refractivity (Wildman–Crippen MR) is 82.0 cm³/mol. The van der Waals surface area contributed by atoms with Gasteiger partial charge in [0.2, 0.25) is 0 Å². The maximum Gasteiger partial charge on any atom is 0.335 e. The van der Waals surface area contributed by atoms with Gasteiger partial charge in [0.15, 0.2) is 0 Å². The fourth-order valence-electron chi connectivity index (χ4n) is 2.38. The summed E-state index contributed by atoms with van der Waals surface area (Å²) in [7, 11) is 0. The molecule has 0 unspecified atom stereocenters. The van der Waals surface area contributed by atoms with Crippen LogP contribution in [0.2, 0.25) is 0 Å². The Balaban J connectivity index is 2.12. The van der Waals surface area contributed by atoms with Crippen LogP contribution in [-0.4, -0.2) is 34.8 Å². The predicted octanol–water partition coefficient (Wildman–Crippen LogP) is 3.06. The van der Waals surface area contributed by atoms with Crippen LogP contribution in [0.1, 0.15) is 56.6 Å². The molecular formula is C16H24N2O3. The van der Waals surface area contributed by atoms with Gasteiger partial charge in [0.1, 0.15) is 5.82 Å². The lowest BCUT2D eigenvalue weighted by atomic mass is 9.88. The molecule has 0 aromatic carbocycles. The Labute approximate surface area is 125 Å². The van der Waals surface area contributed by atoms with Crippen molar-refractivity contribution in [2.45, 2.75) is 58.1 Å². The monoisotopic (exact) mass is 292 g/mol. The number of nitrogens with one attached hydrogen (secondary N) is 1. The average molecular weight is 292 g/mol. The zero-order valence-corrected chi connectivity index (χ0v) is 13.1. The molecule has 1 saturated carbocycles. The van der Waals surface area contributed by atoms with E-state index in [1.807, 2.05) is 27.7 Å². The highest BCUT2D eigenvalue weighted by atomic mass is 16.5. The Morgan fingerprint density at radius 3 is 2.62 bits per heavy atom. The molecule has 0 atom stereocenters. The highest BCUT2D eigenvalue weighted by molar-refractivity contribution is 5.88. The summed E-state index contributed by atoms with van der Waals surface area (Å²) in [5.74, 6) is -0.286. The number of hydrogen-bond donors (Lipinski definition) is 2. The highest BCUT2D eigenvalue weighted by Gasteiger charge is 2.30. The lowest BCUT2D eigenvalue weighted by molar-refractivity contribution is 0.00291. The molecule has 5 heteroatoms. The zero-order chi connectivity index (χ0) is 15.6. The first kappa shape index (κ1) is 15.8. The first-order valence-corrected chi connectivity index (χ1v) is 7.43.